The monoisotopic (exact) mass is 255 g/mol. The summed E-state index contributed by atoms with van der Waals surface area (Å²) in [4.78, 5) is 4.69. The van der Waals surface area contributed by atoms with Gasteiger partial charge in [0.25, 0.3) is 0 Å². The number of aliphatic hydroxyl groups is 1. The van der Waals surface area contributed by atoms with Gasteiger partial charge in [0.05, 0.1) is 11.1 Å². The van der Waals surface area contributed by atoms with Crippen LogP contribution in [0.25, 0.3) is 10.9 Å². The van der Waals surface area contributed by atoms with E-state index in [2.05, 4.69) is 23.2 Å². The highest BCUT2D eigenvalue weighted by atomic mass is 16.3. The lowest BCUT2D eigenvalue weighted by atomic mass is 9.89. The Balaban J connectivity index is 1.83. The van der Waals surface area contributed by atoms with E-state index in [4.69, 9.17) is 0 Å². The van der Waals surface area contributed by atoms with Crippen molar-refractivity contribution in [1.82, 2.24) is 4.98 Å². The van der Waals surface area contributed by atoms with E-state index in [1.807, 2.05) is 18.2 Å². The maximum atomic E-state index is 10.7. The minimum absolute atomic E-state index is 0.536. The first kappa shape index (κ1) is 12.6. The number of para-hydroxylation sites is 1. The van der Waals surface area contributed by atoms with Gasteiger partial charge in [0.1, 0.15) is 0 Å². The molecule has 3 rings (SSSR count). The molecule has 0 radical (unpaired) electrons. The molecule has 1 aromatic carbocycles. The van der Waals surface area contributed by atoms with Crippen molar-refractivity contribution in [2.45, 2.75) is 50.5 Å². The number of aromatic nitrogens is 1. The fourth-order valence-corrected chi connectivity index (χ4v) is 3.11. The molecule has 0 spiro atoms. The molecule has 0 saturated heterocycles. The van der Waals surface area contributed by atoms with E-state index in [0.29, 0.717) is 6.42 Å². The predicted molar refractivity (Wildman–Crippen MR) is 78.1 cm³/mol. The van der Waals surface area contributed by atoms with E-state index >= 15 is 0 Å². The van der Waals surface area contributed by atoms with Gasteiger partial charge in [0.2, 0.25) is 0 Å². The molecular formula is C17H21NO. The van der Waals surface area contributed by atoms with E-state index in [9.17, 15) is 5.11 Å². The standard InChI is InChI=1S/C17H21NO/c19-17(11-5-1-2-6-12-17)13-15-10-9-14-7-3-4-8-16(14)18-15/h3-4,7-10,19H,1-2,5-6,11-13H2. The largest absolute Gasteiger partial charge is 0.389 e. The summed E-state index contributed by atoms with van der Waals surface area (Å²) >= 11 is 0. The van der Waals surface area contributed by atoms with E-state index in [1.54, 1.807) is 0 Å². The minimum Gasteiger partial charge on any atom is -0.389 e. The van der Waals surface area contributed by atoms with Crippen LogP contribution < -0.4 is 0 Å². The van der Waals surface area contributed by atoms with E-state index in [0.717, 1.165) is 36.9 Å². The van der Waals surface area contributed by atoms with Crippen LogP contribution in [0.4, 0.5) is 0 Å². The van der Waals surface area contributed by atoms with Gasteiger partial charge in [-0.05, 0) is 25.0 Å². The van der Waals surface area contributed by atoms with E-state index < -0.39 is 5.60 Å². The molecule has 0 bridgehead atoms. The summed E-state index contributed by atoms with van der Waals surface area (Å²) in [7, 11) is 0. The zero-order chi connectivity index (χ0) is 13.1. The molecule has 2 nitrogen and oxygen atoms in total. The fourth-order valence-electron chi connectivity index (χ4n) is 3.11. The van der Waals surface area contributed by atoms with Gasteiger partial charge < -0.3 is 5.11 Å². The topological polar surface area (TPSA) is 33.1 Å². The Kier molecular flexibility index (Phi) is 3.52. The number of hydrogen-bond donors (Lipinski definition) is 1. The van der Waals surface area contributed by atoms with E-state index in [-0.39, 0.29) is 0 Å². The van der Waals surface area contributed by atoms with Crippen LogP contribution in [0.5, 0.6) is 0 Å². The smallest absolute Gasteiger partial charge is 0.0705 e. The van der Waals surface area contributed by atoms with Gasteiger partial charge in [-0.1, -0.05) is 49.9 Å². The third-order valence-electron chi connectivity index (χ3n) is 4.20. The number of hydrogen-bond acceptors (Lipinski definition) is 2. The summed E-state index contributed by atoms with van der Waals surface area (Å²) in [6.07, 6.45) is 7.33. The van der Waals surface area contributed by atoms with E-state index in [1.165, 1.54) is 18.2 Å². The molecule has 1 aliphatic carbocycles. The molecule has 1 aromatic heterocycles. The maximum absolute atomic E-state index is 10.7. The molecule has 1 aliphatic rings. The molecule has 0 aliphatic heterocycles. The predicted octanol–water partition coefficient (Wildman–Crippen LogP) is 3.86. The molecule has 1 N–H and O–H groups in total. The zero-order valence-electron chi connectivity index (χ0n) is 11.3. The van der Waals surface area contributed by atoms with Crippen LogP contribution in [-0.4, -0.2) is 15.7 Å². The minimum atomic E-state index is -0.536. The first-order valence-electron chi connectivity index (χ1n) is 7.32. The van der Waals surface area contributed by atoms with Crippen molar-refractivity contribution in [2.24, 2.45) is 0 Å². The third-order valence-corrected chi connectivity index (χ3v) is 4.20. The Labute approximate surface area is 114 Å². The van der Waals surface area contributed by atoms with Crippen molar-refractivity contribution < 1.29 is 5.11 Å². The molecular weight excluding hydrogens is 234 g/mol. The van der Waals surface area contributed by atoms with Gasteiger partial charge in [0, 0.05) is 17.5 Å². The van der Waals surface area contributed by atoms with Gasteiger partial charge in [-0.3, -0.25) is 4.98 Å². The Morgan fingerprint density at radius 3 is 2.47 bits per heavy atom. The summed E-state index contributed by atoms with van der Waals surface area (Å²) in [5, 5.41) is 11.9. The van der Waals surface area contributed by atoms with Crippen LogP contribution in [0, 0.1) is 0 Å². The molecule has 1 saturated carbocycles. The first-order valence-corrected chi connectivity index (χ1v) is 7.32. The van der Waals surface area contributed by atoms with Crippen LogP contribution in [0.3, 0.4) is 0 Å². The molecule has 0 unspecified atom stereocenters. The number of benzene rings is 1. The second kappa shape index (κ2) is 5.30. The molecule has 0 amide bonds. The second-order valence-corrected chi connectivity index (χ2v) is 5.81. The van der Waals surface area contributed by atoms with Crippen LogP contribution in [-0.2, 0) is 6.42 Å². The van der Waals surface area contributed by atoms with Gasteiger partial charge in [-0.2, -0.15) is 0 Å². The van der Waals surface area contributed by atoms with Crippen molar-refractivity contribution in [3.8, 4) is 0 Å². The lowest BCUT2D eigenvalue weighted by molar-refractivity contribution is 0.0244. The normalized spacial score (nSPS) is 19.2. The SMILES string of the molecule is OC1(Cc2ccc3ccccc3n2)CCCCCC1. The average Bonchev–Trinajstić information content (AvgIpc) is 2.63. The van der Waals surface area contributed by atoms with Crippen LogP contribution >= 0.6 is 0 Å². The second-order valence-electron chi connectivity index (χ2n) is 5.81. The Bertz CT molecular complexity index is 556. The maximum Gasteiger partial charge on any atom is 0.0705 e. The lowest BCUT2D eigenvalue weighted by Crippen LogP contribution is -2.30. The van der Waals surface area contributed by atoms with Crippen molar-refractivity contribution in [2.75, 3.05) is 0 Å². The van der Waals surface area contributed by atoms with Gasteiger partial charge >= 0.3 is 0 Å². The summed E-state index contributed by atoms with van der Waals surface area (Å²) in [6.45, 7) is 0. The zero-order valence-corrected chi connectivity index (χ0v) is 11.3. The molecule has 1 heterocycles. The Hall–Kier alpha value is -1.41. The average molecular weight is 255 g/mol. The van der Waals surface area contributed by atoms with Crippen molar-refractivity contribution in [3.63, 3.8) is 0 Å². The Morgan fingerprint density at radius 1 is 0.947 bits per heavy atom. The number of nitrogens with zero attached hydrogens (tertiary/aromatic N) is 1. The highest BCUT2D eigenvalue weighted by Gasteiger charge is 2.28. The lowest BCUT2D eigenvalue weighted by Gasteiger charge is -2.26. The molecule has 19 heavy (non-hydrogen) atoms. The van der Waals surface area contributed by atoms with Crippen LogP contribution in [0.2, 0.25) is 0 Å². The number of fused-ring (bicyclic) bond motifs is 1. The van der Waals surface area contributed by atoms with Crippen molar-refractivity contribution in [3.05, 3.63) is 42.1 Å². The summed E-state index contributed by atoms with van der Waals surface area (Å²) in [5.74, 6) is 0. The molecule has 1 fully saturated rings. The van der Waals surface area contributed by atoms with Gasteiger partial charge in [-0.15, -0.1) is 0 Å². The molecule has 0 atom stereocenters. The number of pyridine rings is 1. The summed E-state index contributed by atoms with van der Waals surface area (Å²) in [5.41, 5.74) is 1.51. The van der Waals surface area contributed by atoms with Gasteiger partial charge in [-0.25, -0.2) is 0 Å². The number of rotatable bonds is 2. The third kappa shape index (κ3) is 2.95. The Morgan fingerprint density at radius 2 is 1.68 bits per heavy atom. The summed E-state index contributed by atoms with van der Waals surface area (Å²) in [6, 6.07) is 12.3. The molecule has 2 aromatic rings. The van der Waals surface area contributed by atoms with Crippen LogP contribution in [0.1, 0.15) is 44.2 Å². The highest BCUT2D eigenvalue weighted by Crippen LogP contribution is 2.30. The molecule has 2 heteroatoms. The highest BCUT2D eigenvalue weighted by molar-refractivity contribution is 5.78. The summed E-state index contributed by atoms with van der Waals surface area (Å²) < 4.78 is 0. The van der Waals surface area contributed by atoms with Crippen LogP contribution in [0.15, 0.2) is 36.4 Å². The first-order chi connectivity index (χ1) is 9.25. The quantitative estimate of drug-likeness (QED) is 0.826. The molecule has 100 valence electrons. The van der Waals surface area contributed by atoms with Gasteiger partial charge in [0.15, 0.2) is 0 Å². The fraction of sp³-hybridized carbons (Fsp3) is 0.471. The van der Waals surface area contributed by atoms with Crippen molar-refractivity contribution in [1.29, 1.82) is 0 Å². The van der Waals surface area contributed by atoms with Crippen molar-refractivity contribution >= 4 is 10.9 Å².